The fourth-order valence-electron chi connectivity index (χ4n) is 3.26. The van der Waals surface area contributed by atoms with Gasteiger partial charge in [0.1, 0.15) is 17.3 Å². The number of carbonyl (C=O) groups excluding carboxylic acids is 1. The molecule has 0 spiro atoms. The lowest BCUT2D eigenvalue weighted by Crippen LogP contribution is -2.38. The third-order valence-electron chi connectivity index (χ3n) is 4.76. The molecule has 6 heteroatoms. The minimum Gasteiger partial charge on any atom is -0.494 e. The van der Waals surface area contributed by atoms with E-state index >= 15 is 0 Å². The van der Waals surface area contributed by atoms with Crippen molar-refractivity contribution in [1.82, 2.24) is 9.80 Å². The second-order valence-corrected chi connectivity index (χ2v) is 6.83. The van der Waals surface area contributed by atoms with E-state index in [2.05, 4.69) is 4.90 Å². The molecule has 1 fully saturated rings. The molecule has 0 N–H and O–H groups in total. The number of ether oxygens (including phenoxy) is 2. The first-order valence-corrected chi connectivity index (χ1v) is 9.74. The van der Waals surface area contributed by atoms with E-state index in [0.29, 0.717) is 18.9 Å². The van der Waals surface area contributed by atoms with Gasteiger partial charge < -0.3 is 14.4 Å². The first kappa shape index (κ1) is 20.1. The van der Waals surface area contributed by atoms with Crippen molar-refractivity contribution in [2.24, 2.45) is 0 Å². The second-order valence-electron chi connectivity index (χ2n) is 6.83. The molecule has 0 radical (unpaired) electrons. The summed E-state index contributed by atoms with van der Waals surface area (Å²) in [7, 11) is 0. The van der Waals surface area contributed by atoms with Crippen LogP contribution in [0.1, 0.15) is 18.9 Å². The number of rotatable bonds is 7. The maximum absolute atomic E-state index is 13.0. The first-order chi connectivity index (χ1) is 13.6. The molecule has 0 saturated carbocycles. The van der Waals surface area contributed by atoms with E-state index in [1.807, 2.05) is 48.2 Å². The molecule has 1 aliphatic rings. The summed E-state index contributed by atoms with van der Waals surface area (Å²) in [4.78, 5) is 16.7. The molecule has 2 aromatic rings. The molecule has 0 aromatic heterocycles. The highest BCUT2D eigenvalue weighted by molar-refractivity contribution is 5.77. The fraction of sp³-hybridized carbons (Fsp3) is 0.409. The van der Waals surface area contributed by atoms with Gasteiger partial charge in [0, 0.05) is 32.7 Å². The van der Waals surface area contributed by atoms with Crippen molar-refractivity contribution in [3.63, 3.8) is 0 Å². The van der Waals surface area contributed by atoms with Gasteiger partial charge in [0.25, 0.3) is 5.91 Å². The average molecular weight is 386 g/mol. The summed E-state index contributed by atoms with van der Waals surface area (Å²) in [5.74, 6) is 1.22. The Bertz CT molecular complexity index is 749. The maximum Gasteiger partial charge on any atom is 0.260 e. The first-order valence-electron chi connectivity index (χ1n) is 9.74. The predicted octanol–water partition coefficient (Wildman–Crippen LogP) is 3.34. The Kier molecular flexibility index (Phi) is 7.25. The molecular formula is C22H27FN2O3. The molecule has 0 unspecified atom stereocenters. The third-order valence-corrected chi connectivity index (χ3v) is 4.76. The smallest absolute Gasteiger partial charge is 0.260 e. The summed E-state index contributed by atoms with van der Waals surface area (Å²) in [6.07, 6.45) is 0.913. The number of nitrogens with zero attached hydrogens (tertiary/aromatic N) is 2. The minimum atomic E-state index is -0.219. The number of hydrogen-bond acceptors (Lipinski definition) is 4. The van der Waals surface area contributed by atoms with Crippen LogP contribution in [-0.2, 0) is 11.3 Å². The zero-order valence-electron chi connectivity index (χ0n) is 16.3. The molecule has 150 valence electrons. The molecule has 1 saturated heterocycles. The number of hydrogen-bond donors (Lipinski definition) is 0. The van der Waals surface area contributed by atoms with Gasteiger partial charge >= 0.3 is 0 Å². The molecule has 1 heterocycles. The van der Waals surface area contributed by atoms with Crippen molar-refractivity contribution in [3.05, 3.63) is 59.9 Å². The van der Waals surface area contributed by atoms with E-state index in [1.54, 1.807) is 0 Å². The Labute approximate surface area is 165 Å². The normalized spacial score (nSPS) is 15.1. The second kappa shape index (κ2) is 10.1. The quantitative estimate of drug-likeness (QED) is 0.732. The highest BCUT2D eigenvalue weighted by Crippen LogP contribution is 2.18. The van der Waals surface area contributed by atoms with Crippen LogP contribution in [0.5, 0.6) is 11.5 Å². The molecule has 0 bridgehead atoms. The van der Waals surface area contributed by atoms with Crippen molar-refractivity contribution in [1.29, 1.82) is 0 Å². The number of benzene rings is 2. The molecule has 0 aliphatic carbocycles. The lowest BCUT2D eigenvalue weighted by atomic mass is 10.2. The van der Waals surface area contributed by atoms with E-state index in [-0.39, 0.29) is 18.3 Å². The summed E-state index contributed by atoms with van der Waals surface area (Å²) in [6.45, 7) is 6.47. The largest absolute Gasteiger partial charge is 0.494 e. The van der Waals surface area contributed by atoms with Crippen molar-refractivity contribution >= 4 is 5.91 Å². The Morgan fingerprint density at radius 1 is 0.929 bits per heavy atom. The van der Waals surface area contributed by atoms with E-state index in [0.717, 1.165) is 43.9 Å². The van der Waals surface area contributed by atoms with Crippen molar-refractivity contribution in [2.45, 2.75) is 19.9 Å². The standard InChI is InChI=1S/C22H27FN2O3/c1-2-27-20-8-10-21(11-9-20)28-17-22(26)25-13-3-12-24(14-15-25)16-18-4-6-19(23)7-5-18/h4-11H,2-3,12-17H2,1H3. The van der Waals surface area contributed by atoms with Crippen LogP contribution in [-0.4, -0.2) is 55.1 Å². The summed E-state index contributed by atoms with van der Waals surface area (Å²) >= 11 is 0. The van der Waals surface area contributed by atoms with Gasteiger partial charge in [-0.15, -0.1) is 0 Å². The SMILES string of the molecule is CCOc1ccc(OCC(=O)N2CCCN(Cc3ccc(F)cc3)CC2)cc1. The molecule has 3 rings (SSSR count). The molecule has 1 amide bonds. The summed E-state index contributed by atoms with van der Waals surface area (Å²) in [6, 6.07) is 13.9. The van der Waals surface area contributed by atoms with Gasteiger partial charge in [-0.25, -0.2) is 4.39 Å². The molecule has 0 atom stereocenters. The monoisotopic (exact) mass is 386 g/mol. The highest BCUT2D eigenvalue weighted by atomic mass is 19.1. The van der Waals surface area contributed by atoms with E-state index in [9.17, 15) is 9.18 Å². The molecule has 28 heavy (non-hydrogen) atoms. The van der Waals surface area contributed by atoms with E-state index in [1.165, 1.54) is 12.1 Å². The topological polar surface area (TPSA) is 42.0 Å². The van der Waals surface area contributed by atoms with Crippen LogP contribution < -0.4 is 9.47 Å². The van der Waals surface area contributed by atoms with Gasteiger partial charge in [-0.3, -0.25) is 9.69 Å². The zero-order valence-corrected chi connectivity index (χ0v) is 16.3. The van der Waals surface area contributed by atoms with Crippen molar-refractivity contribution in [2.75, 3.05) is 39.4 Å². The Morgan fingerprint density at radius 3 is 2.29 bits per heavy atom. The van der Waals surface area contributed by atoms with Crippen molar-refractivity contribution in [3.8, 4) is 11.5 Å². The molecule has 2 aromatic carbocycles. The van der Waals surface area contributed by atoms with Gasteiger partial charge in [-0.1, -0.05) is 12.1 Å². The van der Waals surface area contributed by atoms with E-state index in [4.69, 9.17) is 9.47 Å². The van der Waals surface area contributed by atoms with Gasteiger partial charge in [0.15, 0.2) is 6.61 Å². The van der Waals surface area contributed by atoms with Crippen LogP contribution in [0.4, 0.5) is 4.39 Å². The molecular weight excluding hydrogens is 359 g/mol. The zero-order chi connectivity index (χ0) is 19.8. The average Bonchev–Trinajstić information content (AvgIpc) is 2.95. The Hall–Kier alpha value is -2.60. The van der Waals surface area contributed by atoms with Gasteiger partial charge in [0.2, 0.25) is 0 Å². The van der Waals surface area contributed by atoms with Crippen LogP contribution in [0.3, 0.4) is 0 Å². The van der Waals surface area contributed by atoms with Gasteiger partial charge in [-0.2, -0.15) is 0 Å². The lowest BCUT2D eigenvalue weighted by Gasteiger charge is -2.22. The molecule has 5 nitrogen and oxygen atoms in total. The van der Waals surface area contributed by atoms with Crippen LogP contribution in [0, 0.1) is 5.82 Å². The molecule has 1 aliphatic heterocycles. The fourth-order valence-corrected chi connectivity index (χ4v) is 3.26. The maximum atomic E-state index is 13.0. The number of amides is 1. The third kappa shape index (κ3) is 5.96. The van der Waals surface area contributed by atoms with Crippen LogP contribution in [0.2, 0.25) is 0 Å². The summed E-state index contributed by atoms with van der Waals surface area (Å²) < 4.78 is 24.1. The Morgan fingerprint density at radius 2 is 1.61 bits per heavy atom. The van der Waals surface area contributed by atoms with Gasteiger partial charge in [0.05, 0.1) is 6.61 Å². The van der Waals surface area contributed by atoms with Crippen molar-refractivity contribution < 1.29 is 18.7 Å². The Balaban J connectivity index is 1.45. The van der Waals surface area contributed by atoms with E-state index < -0.39 is 0 Å². The van der Waals surface area contributed by atoms with Gasteiger partial charge in [-0.05, 0) is 55.3 Å². The van der Waals surface area contributed by atoms with Crippen LogP contribution >= 0.6 is 0 Å². The number of carbonyl (C=O) groups is 1. The van der Waals surface area contributed by atoms with Crippen LogP contribution in [0.25, 0.3) is 0 Å². The number of halogens is 1. The summed E-state index contributed by atoms with van der Waals surface area (Å²) in [5, 5.41) is 0. The van der Waals surface area contributed by atoms with Crippen LogP contribution in [0.15, 0.2) is 48.5 Å². The lowest BCUT2D eigenvalue weighted by molar-refractivity contribution is -0.133. The predicted molar refractivity (Wildman–Crippen MR) is 106 cm³/mol. The summed E-state index contributed by atoms with van der Waals surface area (Å²) in [5.41, 5.74) is 1.08. The highest BCUT2D eigenvalue weighted by Gasteiger charge is 2.19. The minimum absolute atomic E-state index is 0.00230.